The second-order valence-corrected chi connectivity index (χ2v) is 7.54. The van der Waals surface area contributed by atoms with Gasteiger partial charge in [0.05, 0.1) is 5.56 Å². The van der Waals surface area contributed by atoms with E-state index in [1.165, 1.54) is 0 Å². The summed E-state index contributed by atoms with van der Waals surface area (Å²) in [6, 6.07) is 7.85. The van der Waals surface area contributed by atoms with Crippen molar-refractivity contribution in [3.8, 4) is 0 Å². The predicted molar refractivity (Wildman–Crippen MR) is 115 cm³/mol. The fraction of sp³-hybridized carbons (Fsp3) is 0.565. The summed E-state index contributed by atoms with van der Waals surface area (Å²) in [5.41, 5.74) is 1.70. The molecule has 0 fully saturated rings. The van der Waals surface area contributed by atoms with Gasteiger partial charge in [0.25, 0.3) is 5.91 Å². The zero-order valence-corrected chi connectivity index (χ0v) is 17.4. The Hall–Kier alpha value is -2.30. The number of carbonyl (C=O) groups is 2. The van der Waals surface area contributed by atoms with Crippen LogP contribution in [0.3, 0.4) is 0 Å². The van der Waals surface area contributed by atoms with Gasteiger partial charge in [-0.2, -0.15) is 0 Å². The van der Waals surface area contributed by atoms with E-state index in [9.17, 15) is 9.59 Å². The lowest BCUT2D eigenvalue weighted by Crippen LogP contribution is -2.27. The number of para-hydroxylation sites is 1. The van der Waals surface area contributed by atoms with Crippen molar-refractivity contribution < 1.29 is 9.59 Å². The Kier molecular flexibility index (Phi) is 9.60. The monoisotopic (exact) mass is 385 g/mol. The van der Waals surface area contributed by atoms with Crippen LogP contribution in [-0.2, 0) is 4.79 Å². The van der Waals surface area contributed by atoms with E-state index in [-0.39, 0.29) is 11.8 Å². The van der Waals surface area contributed by atoms with E-state index in [0.29, 0.717) is 18.5 Å². The molecule has 0 bridgehead atoms. The van der Waals surface area contributed by atoms with E-state index in [4.69, 9.17) is 0 Å². The molecule has 2 amide bonds. The summed E-state index contributed by atoms with van der Waals surface area (Å²) in [4.78, 5) is 29.3. The van der Waals surface area contributed by atoms with Crippen LogP contribution >= 0.6 is 0 Å². The van der Waals surface area contributed by atoms with Crippen LogP contribution in [0.2, 0.25) is 0 Å². The number of carbonyl (C=O) groups excluding carboxylic acids is 2. The van der Waals surface area contributed by atoms with Crippen LogP contribution in [0, 0.1) is 0 Å². The fourth-order valence-electron chi connectivity index (χ4n) is 3.38. The largest absolute Gasteiger partial charge is 0.360 e. The topological polar surface area (TPSA) is 65.2 Å². The molecule has 0 spiro atoms. The van der Waals surface area contributed by atoms with Gasteiger partial charge in [-0.25, -0.2) is 0 Å². The smallest absolute Gasteiger partial charge is 0.253 e. The molecule has 0 aliphatic carbocycles. The molecule has 28 heavy (non-hydrogen) atoms. The Bertz CT molecular complexity index is 738. The summed E-state index contributed by atoms with van der Waals surface area (Å²) in [5.74, 6) is 0.261. The highest BCUT2D eigenvalue weighted by Gasteiger charge is 2.10. The van der Waals surface area contributed by atoms with Crippen LogP contribution in [0.15, 0.2) is 30.5 Å². The summed E-state index contributed by atoms with van der Waals surface area (Å²) in [6.07, 6.45) is 11.2. The molecule has 2 N–H and O–H groups in total. The summed E-state index contributed by atoms with van der Waals surface area (Å²) >= 11 is 0. The molecule has 0 radical (unpaired) electrons. The molecule has 0 atom stereocenters. The highest BCUT2D eigenvalue weighted by molar-refractivity contribution is 6.06. The van der Waals surface area contributed by atoms with Crippen LogP contribution in [0.5, 0.6) is 0 Å². The molecule has 0 unspecified atom stereocenters. The van der Waals surface area contributed by atoms with Crippen molar-refractivity contribution in [3.05, 3.63) is 36.0 Å². The molecule has 5 nitrogen and oxygen atoms in total. The maximum atomic E-state index is 12.3. The molecule has 1 heterocycles. The first-order valence-corrected chi connectivity index (χ1v) is 10.7. The van der Waals surface area contributed by atoms with E-state index in [1.54, 1.807) is 6.20 Å². The van der Waals surface area contributed by atoms with Crippen LogP contribution in [0.1, 0.15) is 75.1 Å². The molecule has 0 aliphatic rings. The number of fused-ring (bicyclic) bond motifs is 1. The van der Waals surface area contributed by atoms with E-state index in [2.05, 4.69) is 17.2 Å². The maximum absolute atomic E-state index is 12.3. The number of rotatable bonds is 13. The highest BCUT2D eigenvalue weighted by Crippen LogP contribution is 2.17. The van der Waals surface area contributed by atoms with Gasteiger partial charge in [0, 0.05) is 43.7 Å². The summed E-state index contributed by atoms with van der Waals surface area (Å²) in [5, 5.41) is 3.98. The molecule has 154 valence electrons. The van der Waals surface area contributed by atoms with Gasteiger partial charge >= 0.3 is 0 Å². The van der Waals surface area contributed by atoms with E-state index < -0.39 is 0 Å². The number of hydrogen-bond donors (Lipinski definition) is 2. The van der Waals surface area contributed by atoms with E-state index in [1.807, 2.05) is 36.2 Å². The molecule has 5 heteroatoms. The van der Waals surface area contributed by atoms with Gasteiger partial charge in [-0.3, -0.25) is 9.59 Å². The number of aromatic nitrogens is 1. The number of nitrogens with zero attached hydrogens (tertiary/aromatic N) is 1. The van der Waals surface area contributed by atoms with Crippen LogP contribution in [-0.4, -0.2) is 41.8 Å². The molecule has 0 saturated heterocycles. The van der Waals surface area contributed by atoms with Crippen molar-refractivity contribution in [1.82, 2.24) is 15.2 Å². The minimum Gasteiger partial charge on any atom is -0.360 e. The minimum absolute atomic E-state index is 0.0110. The SMILES string of the molecule is CCCCN(C)C(=O)CCCCCCCCNC(=O)c1c[nH]c2ccccc12. The van der Waals surface area contributed by atoms with Crippen LogP contribution in [0.4, 0.5) is 0 Å². The lowest BCUT2D eigenvalue weighted by molar-refractivity contribution is -0.130. The first-order valence-electron chi connectivity index (χ1n) is 10.7. The number of unbranched alkanes of at least 4 members (excludes halogenated alkanes) is 6. The number of aromatic amines is 1. The third-order valence-corrected chi connectivity index (χ3v) is 5.21. The first kappa shape index (κ1) is 22.0. The summed E-state index contributed by atoms with van der Waals surface area (Å²) < 4.78 is 0. The maximum Gasteiger partial charge on any atom is 0.253 e. The van der Waals surface area contributed by atoms with Crippen molar-refractivity contribution >= 4 is 22.7 Å². The second-order valence-electron chi connectivity index (χ2n) is 7.54. The third kappa shape index (κ3) is 7.02. The number of hydrogen-bond acceptors (Lipinski definition) is 2. The zero-order chi connectivity index (χ0) is 20.2. The lowest BCUT2D eigenvalue weighted by atomic mass is 10.1. The second kappa shape index (κ2) is 12.2. The van der Waals surface area contributed by atoms with Gasteiger partial charge in [-0.15, -0.1) is 0 Å². The lowest BCUT2D eigenvalue weighted by Gasteiger charge is -2.16. The molecule has 2 aromatic rings. The van der Waals surface area contributed by atoms with Gasteiger partial charge in [0.2, 0.25) is 5.91 Å². The number of benzene rings is 1. The van der Waals surface area contributed by atoms with Crippen molar-refractivity contribution in [2.45, 2.75) is 64.7 Å². The number of H-pyrrole nitrogens is 1. The quantitative estimate of drug-likeness (QED) is 0.482. The molecule has 0 aliphatic heterocycles. The van der Waals surface area contributed by atoms with E-state index >= 15 is 0 Å². The van der Waals surface area contributed by atoms with E-state index in [0.717, 1.165) is 68.8 Å². The van der Waals surface area contributed by atoms with Gasteiger partial charge in [0.1, 0.15) is 0 Å². The first-order chi connectivity index (χ1) is 13.6. The van der Waals surface area contributed by atoms with Crippen LogP contribution in [0.25, 0.3) is 10.9 Å². The standard InChI is InChI=1S/C23H35N3O2/c1-3-4-17-26(2)22(27)15-9-7-5-6-8-12-16-24-23(28)20-18-25-21-14-11-10-13-19(20)21/h10-11,13-14,18,25H,3-9,12,15-17H2,1-2H3,(H,24,28). The average molecular weight is 386 g/mol. The fourth-order valence-corrected chi connectivity index (χ4v) is 3.38. The molecule has 1 aromatic carbocycles. The Labute approximate surface area is 168 Å². The highest BCUT2D eigenvalue weighted by atomic mass is 16.2. The van der Waals surface area contributed by atoms with Crippen molar-refractivity contribution in [3.63, 3.8) is 0 Å². The third-order valence-electron chi connectivity index (χ3n) is 5.21. The summed E-state index contributed by atoms with van der Waals surface area (Å²) in [6.45, 7) is 3.73. The van der Waals surface area contributed by atoms with Gasteiger partial charge in [0.15, 0.2) is 0 Å². The van der Waals surface area contributed by atoms with Crippen LogP contribution < -0.4 is 5.32 Å². The Morgan fingerprint density at radius 2 is 1.71 bits per heavy atom. The zero-order valence-electron chi connectivity index (χ0n) is 17.4. The number of nitrogens with one attached hydrogen (secondary N) is 2. The molecule has 0 saturated carbocycles. The van der Waals surface area contributed by atoms with Crippen molar-refractivity contribution in [1.29, 1.82) is 0 Å². The molecule has 2 rings (SSSR count). The Morgan fingerprint density at radius 3 is 2.50 bits per heavy atom. The molecule has 1 aromatic heterocycles. The average Bonchev–Trinajstić information content (AvgIpc) is 3.14. The predicted octanol–water partition coefficient (Wildman–Crippen LogP) is 4.89. The molecular formula is C23H35N3O2. The Balaban J connectivity index is 1.50. The van der Waals surface area contributed by atoms with Gasteiger partial charge < -0.3 is 15.2 Å². The Morgan fingerprint density at radius 1 is 1.00 bits per heavy atom. The van der Waals surface area contributed by atoms with Gasteiger partial charge in [-0.1, -0.05) is 57.2 Å². The van der Waals surface area contributed by atoms with Crippen molar-refractivity contribution in [2.75, 3.05) is 20.1 Å². The van der Waals surface area contributed by atoms with Crippen molar-refractivity contribution in [2.24, 2.45) is 0 Å². The summed E-state index contributed by atoms with van der Waals surface area (Å²) in [7, 11) is 1.91. The number of amides is 2. The normalized spacial score (nSPS) is 10.9. The van der Waals surface area contributed by atoms with Gasteiger partial charge in [-0.05, 0) is 25.3 Å². The minimum atomic E-state index is -0.0110. The molecular weight excluding hydrogens is 350 g/mol.